The van der Waals surface area contributed by atoms with Gasteiger partial charge in [0.25, 0.3) is 0 Å². The molecule has 18 heavy (non-hydrogen) atoms. The molecule has 0 atom stereocenters. The molecular formula is C14H16GeN2O. The van der Waals surface area contributed by atoms with Crippen molar-refractivity contribution in [2.24, 2.45) is 0 Å². The Hall–Kier alpha value is -1.49. The predicted octanol–water partition coefficient (Wildman–Crippen LogP) is 3.37. The Morgan fingerprint density at radius 1 is 1.06 bits per heavy atom. The van der Waals surface area contributed by atoms with Crippen molar-refractivity contribution in [1.82, 2.24) is 9.97 Å². The van der Waals surface area contributed by atoms with Crippen molar-refractivity contribution < 1.29 is 4.42 Å². The average molecular weight is 301 g/mol. The van der Waals surface area contributed by atoms with E-state index in [4.69, 9.17) is 4.42 Å². The molecule has 3 rings (SSSR count). The molecule has 0 amide bonds. The molecule has 2 heterocycles. The molecule has 3 nitrogen and oxygen atoms in total. The zero-order chi connectivity index (χ0) is 12.8. The van der Waals surface area contributed by atoms with E-state index in [9.17, 15) is 0 Å². The van der Waals surface area contributed by atoms with Gasteiger partial charge in [0.2, 0.25) is 0 Å². The molecule has 0 aliphatic carbocycles. The summed E-state index contributed by atoms with van der Waals surface area (Å²) in [5.74, 6) is 8.61. The van der Waals surface area contributed by atoms with Crippen molar-refractivity contribution in [3.05, 3.63) is 36.4 Å². The summed E-state index contributed by atoms with van der Waals surface area (Å²) < 4.78 is 7.11. The molecule has 1 N–H and O–H groups in total. The molecule has 0 radical (unpaired) electrons. The Morgan fingerprint density at radius 2 is 1.83 bits per heavy atom. The van der Waals surface area contributed by atoms with Crippen LogP contribution in [0.2, 0.25) is 17.3 Å². The molecule has 3 aromatic rings. The van der Waals surface area contributed by atoms with E-state index in [1.165, 1.54) is 0 Å². The number of nitrogens with zero attached hydrogens (tertiary/aromatic N) is 1. The number of fused-ring (bicyclic) bond motifs is 1. The van der Waals surface area contributed by atoms with Crippen LogP contribution in [0.5, 0.6) is 0 Å². The number of H-pyrrole nitrogens is 1. The van der Waals surface area contributed by atoms with Gasteiger partial charge in [-0.15, -0.1) is 0 Å². The number of benzene rings is 1. The molecule has 0 saturated carbocycles. The summed E-state index contributed by atoms with van der Waals surface area (Å²) in [5.41, 5.74) is 2.02. The van der Waals surface area contributed by atoms with Crippen LogP contribution in [-0.2, 0) is 0 Å². The number of imidazole rings is 1. The monoisotopic (exact) mass is 302 g/mol. The van der Waals surface area contributed by atoms with E-state index in [0.717, 1.165) is 27.2 Å². The first kappa shape index (κ1) is 11.6. The Balaban J connectivity index is 2.06. The first-order chi connectivity index (χ1) is 8.54. The molecule has 0 unspecified atom stereocenters. The van der Waals surface area contributed by atoms with E-state index in [2.05, 4.69) is 33.3 Å². The first-order valence-corrected chi connectivity index (χ1v) is 13.4. The van der Waals surface area contributed by atoms with E-state index in [0.29, 0.717) is 0 Å². The second-order valence-corrected chi connectivity index (χ2v) is 16.0. The summed E-state index contributed by atoms with van der Waals surface area (Å²) >= 11 is -1.89. The topological polar surface area (TPSA) is 41.8 Å². The number of hydrogen-bond acceptors (Lipinski definition) is 2. The summed E-state index contributed by atoms with van der Waals surface area (Å²) in [4.78, 5) is 7.84. The molecule has 0 spiro atoms. The summed E-state index contributed by atoms with van der Waals surface area (Å²) in [7, 11) is 0. The zero-order valence-corrected chi connectivity index (χ0v) is 12.9. The Kier molecular flexibility index (Phi) is 2.59. The fourth-order valence-electron chi connectivity index (χ4n) is 1.94. The number of nitrogens with one attached hydrogen (secondary N) is 1. The quantitative estimate of drug-likeness (QED) is 0.737. The number of aromatic amines is 1. The van der Waals surface area contributed by atoms with E-state index < -0.39 is 13.3 Å². The minimum atomic E-state index is -1.89. The standard InChI is InChI=1S/C14H16GeN2O/c1-15(2,3)13-9-8-12(18-13)14-16-10-6-4-5-7-11(10)17-14/h4-9H,1-3H3,(H,16,17). The van der Waals surface area contributed by atoms with Crippen molar-refractivity contribution in [1.29, 1.82) is 0 Å². The maximum absolute atomic E-state index is 5.95. The van der Waals surface area contributed by atoms with Gasteiger partial charge in [-0.1, -0.05) is 0 Å². The second kappa shape index (κ2) is 4.02. The number of furan rings is 1. The fraction of sp³-hybridized carbons (Fsp3) is 0.214. The van der Waals surface area contributed by atoms with Crippen molar-refractivity contribution in [2.75, 3.05) is 0 Å². The van der Waals surface area contributed by atoms with Crippen LogP contribution in [0.25, 0.3) is 22.6 Å². The van der Waals surface area contributed by atoms with Gasteiger partial charge in [0, 0.05) is 0 Å². The van der Waals surface area contributed by atoms with E-state index in [1.807, 2.05) is 30.3 Å². The van der Waals surface area contributed by atoms with Crippen molar-refractivity contribution >= 4 is 28.9 Å². The molecule has 0 aliphatic rings. The third-order valence-corrected chi connectivity index (χ3v) is 6.63. The van der Waals surface area contributed by atoms with E-state index in [1.54, 1.807) is 0 Å². The van der Waals surface area contributed by atoms with Gasteiger partial charge >= 0.3 is 109 Å². The summed E-state index contributed by atoms with van der Waals surface area (Å²) in [6.07, 6.45) is 0. The molecular weight excluding hydrogens is 285 g/mol. The number of para-hydroxylation sites is 2. The van der Waals surface area contributed by atoms with E-state index >= 15 is 0 Å². The summed E-state index contributed by atoms with van der Waals surface area (Å²) in [5, 5.41) is 0. The average Bonchev–Trinajstić information content (AvgIpc) is 2.94. The van der Waals surface area contributed by atoms with Gasteiger partial charge in [-0.3, -0.25) is 0 Å². The van der Waals surface area contributed by atoms with Crippen molar-refractivity contribution in [3.8, 4) is 11.6 Å². The number of hydrogen-bond donors (Lipinski definition) is 1. The molecule has 2 aromatic heterocycles. The second-order valence-electron chi connectivity index (χ2n) is 5.52. The van der Waals surface area contributed by atoms with Crippen LogP contribution in [0, 0.1) is 0 Å². The van der Waals surface area contributed by atoms with Crippen LogP contribution in [0.4, 0.5) is 0 Å². The normalized spacial score (nSPS) is 12.2. The van der Waals surface area contributed by atoms with Gasteiger partial charge in [-0.25, -0.2) is 0 Å². The van der Waals surface area contributed by atoms with Crippen molar-refractivity contribution in [2.45, 2.75) is 17.3 Å². The number of rotatable bonds is 2. The maximum atomic E-state index is 5.95. The summed E-state index contributed by atoms with van der Waals surface area (Å²) in [6.45, 7) is 0. The van der Waals surface area contributed by atoms with Gasteiger partial charge < -0.3 is 0 Å². The van der Waals surface area contributed by atoms with E-state index in [-0.39, 0.29) is 0 Å². The molecule has 1 aromatic carbocycles. The minimum absolute atomic E-state index is 0.814. The molecule has 92 valence electrons. The van der Waals surface area contributed by atoms with Crippen LogP contribution in [0.15, 0.2) is 40.8 Å². The fourth-order valence-corrected chi connectivity index (χ4v) is 4.03. The third-order valence-electron chi connectivity index (χ3n) is 2.97. The van der Waals surface area contributed by atoms with Crippen LogP contribution in [0.1, 0.15) is 0 Å². The van der Waals surface area contributed by atoms with Crippen LogP contribution < -0.4 is 4.59 Å². The van der Waals surface area contributed by atoms with Crippen LogP contribution in [0.3, 0.4) is 0 Å². The Labute approximate surface area is 109 Å². The molecule has 4 heteroatoms. The molecule has 0 saturated heterocycles. The molecule has 0 fully saturated rings. The predicted molar refractivity (Wildman–Crippen MR) is 76.8 cm³/mol. The zero-order valence-electron chi connectivity index (χ0n) is 10.8. The Morgan fingerprint density at radius 3 is 2.50 bits per heavy atom. The Bertz CT molecular complexity index is 658. The molecule has 0 aliphatic heterocycles. The third kappa shape index (κ3) is 1.99. The molecule has 0 bridgehead atoms. The summed E-state index contributed by atoms with van der Waals surface area (Å²) in [6, 6.07) is 12.1. The SMILES string of the molecule is [CH3][Ge]([CH3])([CH3])[c]1ccc(-c2nc3ccccc3[nH]2)o1. The van der Waals surface area contributed by atoms with Crippen molar-refractivity contribution in [3.63, 3.8) is 0 Å². The van der Waals surface area contributed by atoms with Crippen LogP contribution in [-0.4, -0.2) is 23.2 Å². The number of aromatic nitrogens is 2. The first-order valence-electron chi connectivity index (χ1n) is 6.09. The van der Waals surface area contributed by atoms with Crippen LogP contribution >= 0.6 is 0 Å². The van der Waals surface area contributed by atoms with Gasteiger partial charge in [0.05, 0.1) is 0 Å². The van der Waals surface area contributed by atoms with Gasteiger partial charge in [0.1, 0.15) is 0 Å². The van der Waals surface area contributed by atoms with Gasteiger partial charge in [0.15, 0.2) is 0 Å². The van der Waals surface area contributed by atoms with Gasteiger partial charge in [-0.2, -0.15) is 0 Å². The van der Waals surface area contributed by atoms with Gasteiger partial charge in [-0.05, 0) is 0 Å².